The summed E-state index contributed by atoms with van der Waals surface area (Å²) in [4.78, 5) is 25.0. The molecule has 0 aliphatic rings. The van der Waals surface area contributed by atoms with Gasteiger partial charge in [-0.2, -0.15) is 0 Å². The van der Waals surface area contributed by atoms with Crippen molar-refractivity contribution in [1.29, 1.82) is 0 Å². The van der Waals surface area contributed by atoms with E-state index in [9.17, 15) is 19.4 Å². The summed E-state index contributed by atoms with van der Waals surface area (Å²) in [7, 11) is 1.30. The molecule has 2 N–H and O–H groups in total. The van der Waals surface area contributed by atoms with Crippen LogP contribution in [-0.4, -0.2) is 68.5 Å². The number of allylic oxidation sites excluding steroid dienone is 12. The van der Waals surface area contributed by atoms with Gasteiger partial charge in [0.15, 0.2) is 0 Å². The number of hydrogen-bond acceptors (Lipinski definition) is 6. The van der Waals surface area contributed by atoms with E-state index >= 15 is 0 Å². The summed E-state index contributed by atoms with van der Waals surface area (Å²) in [5, 5.41) is 13.6. The van der Waals surface area contributed by atoms with Gasteiger partial charge in [-0.1, -0.05) is 234 Å². The van der Waals surface area contributed by atoms with Crippen LogP contribution in [-0.2, 0) is 18.4 Å². The molecular formula is C57H105N2O6P. The van der Waals surface area contributed by atoms with Crippen molar-refractivity contribution in [2.45, 2.75) is 244 Å². The van der Waals surface area contributed by atoms with Crippen molar-refractivity contribution < 1.29 is 32.9 Å². The largest absolute Gasteiger partial charge is 0.756 e. The number of nitrogens with one attached hydrogen (secondary N) is 1. The van der Waals surface area contributed by atoms with E-state index in [2.05, 4.69) is 92.1 Å². The average molecular weight is 945 g/mol. The second-order valence-corrected chi connectivity index (χ2v) is 21.0. The number of hydrogen-bond donors (Lipinski definition) is 2. The van der Waals surface area contributed by atoms with Crippen LogP contribution in [0.3, 0.4) is 0 Å². The normalized spacial score (nSPS) is 14.6. The molecule has 384 valence electrons. The fraction of sp³-hybridized carbons (Fsp3) is 0.772. The molecule has 0 saturated carbocycles. The van der Waals surface area contributed by atoms with Gasteiger partial charge < -0.3 is 28.8 Å². The lowest BCUT2D eigenvalue weighted by molar-refractivity contribution is -0.870. The number of nitrogens with zero attached hydrogens (tertiary/aromatic N) is 1. The van der Waals surface area contributed by atoms with E-state index in [1.807, 2.05) is 21.1 Å². The molecule has 0 aromatic heterocycles. The number of quaternary nitrogens is 1. The van der Waals surface area contributed by atoms with Crippen LogP contribution < -0.4 is 10.2 Å². The third kappa shape index (κ3) is 49.8. The molecule has 9 heteroatoms. The maximum atomic E-state index is 12.7. The molecule has 0 rings (SSSR count). The van der Waals surface area contributed by atoms with E-state index in [0.717, 1.165) is 77.0 Å². The van der Waals surface area contributed by atoms with E-state index in [1.165, 1.54) is 128 Å². The van der Waals surface area contributed by atoms with E-state index in [0.29, 0.717) is 23.9 Å². The van der Waals surface area contributed by atoms with Gasteiger partial charge in [0.05, 0.1) is 39.9 Å². The van der Waals surface area contributed by atoms with Gasteiger partial charge in [0.25, 0.3) is 7.82 Å². The number of phosphoric acid groups is 1. The zero-order chi connectivity index (χ0) is 48.5. The maximum absolute atomic E-state index is 12.7. The molecule has 66 heavy (non-hydrogen) atoms. The molecule has 3 unspecified atom stereocenters. The molecule has 0 aromatic carbocycles. The quantitative estimate of drug-likeness (QED) is 0.0272. The Hall–Kier alpha value is -2.06. The summed E-state index contributed by atoms with van der Waals surface area (Å²) in [6.07, 6.45) is 66.3. The monoisotopic (exact) mass is 945 g/mol. The summed E-state index contributed by atoms with van der Waals surface area (Å²) in [6.45, 7) is 4.43. The molecule has 0 aliphatic heterocycles. The molecule has 0 saturated heterocycles. The first kappa shape index (κ1) is 63.9. The Bertz CT molecular complexity index is 1300. The Kier molecular flexibility index (Phi) is 46.5. The van der Waals surface area contributed by atoms with E-state index in [4.69, 9.17) is 9.05 Å². The summed E-state index contributed by atoms with van der Waals surface area (Å²) in [6, 6.07) is -0.796. The number of rotatable bonds is 49. The molecular weight excluding hydrogens is 840 g/mol. The van der Waals surface area contributed by atoms with Gasteiger partial charge >= 0.3 is 0 Å². The van der Waals surface area contributed by atoms with Crippen molar-refractivity contribution in [3.63, 3.8) is 0 Å². The van der Waals surface area contributed by atoms with E-state index in [-0.39, 0.29) is 19.1 Å². The lowest BCUT2D eigenvalue weighted by atomic mass is 10.0. The first-order chi connectivity index (χ1) is 32.0. The van der Waals surface area contributed by atoms with Gasteiger partial charge in [0, 0.05) is 6.42 Å². The first-order valence-corrected chi connectivity index (χ1v) is 28.7. The SMILES string of the molecule is CC/C=C\C/C=C\C/C=C\C/C=C\C/C=C\C/C=C\CCCCCCCCCCCCCCCCCCCCCCCCC(=O)NC(COP(=O)([O-])OCC[N+](C)(C)C)C(O)CCCCC. The third-order valence-electron chi connectivity index (χ3n) is 12.0. The minimum absolute atomic E-state index is 0.0103. The van der Waals surface area contributed by atoms with Crippen LogP contribution >= 0.6 is 7.82 Å². The summed E-state index contributed by atoms with van der Waals surface area (Å²) in [5.74, 6) is -0.175. The molecule has 0 bridgehead atoms. The number of aliphatic hydroxyl groups is 1. The minimum atomic E-state index is -4.54. The van der Waals surface area contributed by atoms with Crippen LogP contribution in [0.1, 0.15) is 232 Å². The Morgan fingerprint density at radius 2 is 0.924 bits per heavy atom. The summed E-state index contributed by atoms with van der Waals surface area (Å²) < 4.78 is 23.0. The highest BCUT2D eigenvalue weighted by atomic mass is 31.2. The molecule has 0 aromatic rings. The van der Waals surface area contributed by atoms with Crippen LogP contribution in [0.2, 0.25) is 0 Å². The van der Waals surface area contributed by atoms with E-state index < -0.39 is 20.0 Å². The second kappa shape index (κ2) is 48.0. The van der Waals surface area contributed by atoms with Gasteiger partial charge in [0.1, 0.15) is 13.2 Å². The standard InChI is InChI=1S/C57H105N2O6P/c1-6-8-10-11-12-13-14-15-16-17-18-19-20-21-22-23-24-25-26-27-28-29-30-31-32-33-34-35-36-37-38-39-40-41-42-43-44-45-46-47-49-51-57(61)58-55(56(60)50-48-9-7-2)54-65-66(62,63)64-53-52-59(3,4)5/h8,10,12-13,15-16,18-19,21-22,24-25,55-56,60H,6-7,9,11,14,17,20,23,26-54H2,1-5H3,(H-,58,61,62,63)/b10-8-,13-12-,16-15-,19-18-,22-21-,25-24-. The summed E-state index contributed by atoms with van der Waals surface area (Å²) >= 11 is 0. The lowest BCUT2D eigenvalue weighted by Gasteiger charge is -2.30. The number of carbonyl (C=O) groups excluding carboxylic acids is 1. The highest BCUT2D eigenvalue weighted by molar-refractivity contribution is 7.45. The second-order valence-electron chi connectivity index (χ2n) is 19.6. The molecule has 0 radical (unpaired) electrons. The smallest absolute Gasteiger partial charge is 0.268 e. The zero-order valence-corrected chi connectivity index (χ0v) is 44.5. The predicted molar refractivity (Wildman–Crippen MR) is 284 cm³/mol. The highest BCUT2D eigenvalue weighted by Gasteiger charge is 2.24. The third-order valence-corrected chi connectivity index (χ3v) is 12.9. The first-order valence-electron chi connectivity index (χ1n) is 27.3. The fourth-order valence-corrected chi connectivity index (χ4v) is 8.41. The maximum Gasteiger partial charge on any atom is 0.268 e. The number of likely N-dealkylation sites (N-methyl/N-ethyl adjacent to an activating group) is 1. The molecule has 0 heterocycles. The predicted octanol–water partition coefficient (Wildman–Crippen LogP) is 15.7. The Morgan fingerprint density at radius 1 is 0.545 bits per heavy atom. The summed E-state index contributed by atoms with van der Waals surface area (Å²) in [5.41, 5.74) is 0. The minimum Gasteiger partial charge on any atom is -0.756 e. The number of unbranched alkanes of at least 4 members (excludes halogenated alkanes) is 24. The van der Waals surface area contributed by atoms with Crippen LogP contribution in [0.5, 0.6) is 0 Å². The Morgan fingerprint density at radius 3 is 1.32 bits per heavy atom. The highest BCUT2D eigenvalue weighted by Crippen LogP contribution is 2.38. The van der Waals surface area contributed by atoms with Crippen LogP contribution in [0.25, 0.3) is 0 Å². The van der Waals surface area contributed by atoms with Gasteiger partial charge in [-0.15, -0.1) is 0 Å². The van der Waals surface area contributed by atoms with Gasteiger partial charge in [0.2, 0.25) is 5.91 Å². The van der Waals surface area contributed by atoms with Gasteiger partial charge in [-0.25, -0.2) is 0 Å². The number of aliphatic hydroxyl groups excluding tert-OH is 1. The van der Waals surface area contributed by atoms with E-state index in [1.54, 1.807) is 0 Å². The van der Waals surface area contributed by atoms with Crippen molar-refractivity contribution >= 4 is 13.7 Å². The zero-order valence-electron chi connectivity index (χ0n) is 43.6. The topological polar surface area (TPSA) is 108 Å². The molecule has 0 aliphatic carbocycles. The van der Waals surface area contributed by atoms with Crippen molar-refractivity contribution in [1.82, 2.24) is 5.32 Å². The number of phosphoric ester groups is 1. The molecule has 0 spiro atoms. The van der Waals surface area contributed by atoms with Gasteiger partial charge in [-0.3, -0.25) is 9.36 Å². The molecule has 1 amide bonds. The average Bonchev–Trinajstić information content (AvgIpc) is 3.27. The van der Waals surface area contributed by atoms with Crippen LogP contribution in [0.4, 0.5) is 0 Å². The fourth-order valence-electron chi connectivity index (χ4n) is 7.69. The van der Waals surface area contributed by atoms with Crippen molar-refractivity contribution in [3.8, 4) is 0 Å². The number of amides is 1. The van der Waals surface area contributed by atoms with Crippen molar-refractivity contribution in [2.75, 3.05) is 40.9 Å². The molecule has 0 fully saturated rings. The lowest BCUT2D eigenvalue weighted by Crippen LogP contribution is -2.46. The van der Waals surface area contributed by atoms with Crippen molar-refractivity contribution in [2.24, 2.45) is 0 Å². The van der Waals surface area contributed by atoms with Gasteiger partial charge in [-0.05, 0) is 64.2 Å². The Labute approximate surface area is 408 Å². The van der Waals surface area contributed by atoms with Crippen molar-refractivity contribution in [3.05, 3.63) is 72.9 Å². The molecule has 3 atom stereocenters. The van der Waals surface area contributed by atoms with Crippen LogP contribution in [0, 0.1) is 0 Å². The number of carbonyl (C=O) groups is 1. The Balaban J connectivity index is 3.64. The van der Waals surface area contributed by atoms with Crippen LogP contribution in [0.15, 0.2) is 72.9 Å². The molecule has 8 nitrogen and oxygen atoms in total.